The van der Waals surface area contributed by atoms with Gasteiger partial charge >= 0.3 is 37.7 Å². The van der Waals surface area contributed by atoms with Crippen LogP contribution < -0.4 is 37.7 Å². The quantitative estimate of drug-likeness (QED) is 0.285. The average molecular weight is 168 g/mol. The van der Waals surface area contributed by atoms with E-state index in [4.69, 9.17) is 25.3 Å². The van der Waals surface area contributed by atoms with E-state index < -0.39 is 0 Å². The maximum Gasteiger partial charge on any atom is 1.00 e. The van der Waals surface area contributed by atoms with E-state index in [0.29, 0.717) is 0 Å². The second-order valence-electron chi connectivity index (χ2n) is 1.95. The second-order valence-corrected chi connectivity index (χ2v) is 2.83. The van der Waals surface area contributed by atoms with E-state index in [0.717, 1.165) is 9.79 Å². The fourth-order valence-corrected chi connectivity index (χ4v) is 0.996. The summed E-state index contributed by atoms with van der Waals surface area (Å²) in [5, 5.41) is 0. The topological polar surface area (TPSA) is 0 Å². The molecule has 0 unspecified atom stereocenters. The van der Waals surface area contributed by atoms with Crippen LogP contribution in [0.1, 0.15) is 5.56 Å². The molecule has 48 valence electrons. The van der Waals surface area contributed by atoms with Crippen molar-refractivity contribution in [3.05, 3.63) is 23.8 Å². The summed E-state index contributed by atoms with van der Waals surface area (Å²) in [6.07, 6.45) is 0. The molecule has 0 aliphatic rings. The third kappa shape index (κ3) is 4.43. The Balaban J connectivity index is 0. The van der Waals surface area contributed by atoms with Crippen molar-refractivity contribution >= 4 is 25.3 Å². The van der Waals surface area contributed by atoms with Crippen molar-refractivity contribution in [2.24, 2.45) is 0 Å². The van der Waals surface area contributed by atoms with Gasteiger partial charge in [0.2, 0.25) is 0 Å². The first-order chi connectivity index (χ1) is 4.20. The maximum absolute atomic E-state index is 4.94. The van der Waals surface area contributed by atoms with E-state index in [1.807, 2.05) is 25.1 Å². The summed E-state index contributed by atoms with van der Waals surface area (Å²) >= 11 is 9.85. The first-order valence-electron chi connectivity index (χ1n) is 2.65. The van der Waals surface area contributed by atoms with Gasteiger partial charge in [-0.3, -0.25) is 0 Å². The first-order valence-corrected chi connectivity index (χ1v) is 3.46. The molecule has 0 aliphatic carbocycles. The van der Waals surface area contributed by atoms with Crippen LogP contribution in [-0.4, -0.2) is 0 Å². The molecule has 11 heavy (non-hydrogen) atoms. The first kappa shape index (κ1) is 14.4. The molecule has 0 radical (unpaired) electrons. The molecule has 0 saturated heterocycles. The smallest absolute Gasteiger partial charge is 0.781 e. The van der Waals surface area contributed by atoms with E-state index in [1.165, 1.54) is 5.56 Å². The Labute approximate surface area is 103 Å². The van der Waals surface area contributed by atoms with Gasteiger partial charge in [-0.2, -0.15) is 9.79 Å². The Kier molecular flexibility index (Phi) is 8.34. The van der Waals surface area contributed by atoms with Gasteiger partial charge in [0.25, 0.3) is 0 Å². The van der Waals surface area contributed by atoms with Gasteiger partial charge in [-0.25, -0.2) is 0 Å². The van der Waals surface area contributed by atoms with Crippen molar-refractivity contribution < 1.29 is 37.7 Å². The molecular formula is C7H6Li2S2. The van der Waals surface area contributed by atoms with Crippen LogP contribution in [0.5, 0.6) is 0 Å². The standard InChI is InChI=1S/C7H8S2.2Li/c1-5-2-3-6(8)7(9)4-5;;/h2-4,8-9H,1H3;;/q;2*+1/p-2. The molecule has 1 aromatic carbocycles. The van der Waals surface area contributed by atoms with Gasteiger partial charge in [0.05, 0.1) is 0 Å². The molecule has 0 saturated carbocycles. The summed E-state index contributed by atoms with van der Waals surface area (Å²) in [5.74, 6) is 0. The fourth-order valence-electron chi connectivity index (χ4n) is 0.615. The van der Waals surface area contributed by atoms with E-state index in [1.54, 1.807) is 0 Å². The summed E-state index contributed by atoms with van der Waals surface area (Å²) in [6, 6.07) is 5.75. The van der Waals surface area contributed by atoms with Gasteiger partial charge < -0.3 is 25.3 Å². The fraction of sp³-hybridized carbons (Fsp3) is 0.143. The van der Waals surface area contributed by atoms with Crippen LogP contribution in [0.4, 0.5) is 0 Å². The normalized spacial score (nSPS) is 7.73. The SMILES string of the molecule is Cc1ccc([S-])c([S-])c1.[Li+].[Li+]. The summed E-state index contributed by atoms with van der Waals surface area (Å²) in [5.41, 5.74) is 1.17. The minimum atomic E-state index is 0. The van der Waals surface area contributed by atoms with Crippen molar-refractivity contribution in [3.8, 4) is 0 Å². The molecule has 0 nitrogen and oxygen atoms in total. The summed E-state index contributed by atoms with van der Waals surface area (Å²) < 4.78 is 0. The molecule has 4 heteroatoms. The second kappa shape index (κ2) is 6.38. The molecule has 0 N–H and O–H groups in total. The molecule has 1 aromatic rings. The van der Waals surface area contributed by atoms with Crippen LogP contribution in [-0.2, 0) is 25.3 Å². The summed E-state index contributed by atoms with van der Waals surface area (Å²) in [6.45, 7) is 2.00. The molecule has 0 fully saturated rings. The van der Waals surface area contributed by atoms with E-state index in [-0.39, 0.29) is 37.7 Å². The third-order valence-electron chi connectivity index (χ3n) is 1.10. The van der Waals surface area contributed by atoms with E-state index in [2.05, 4.69) is 0 Å². The Hall–Kier alpha value is 0.855. The molecule has 0 heterocycles. The van der Waals surface area contributed by atoms with Crippen LogP contribution in [0.15, 0.2) is 28.0 Å². The Bertz CT molecular complexity index is 226. The minimum absolute atomic E-state index is 0. The van der Waals surface area contributed by atoms with Gasteiger partial charge in [0, 0.05) is 0 Å². The Morgan fingerprint density at radius 2 is 1.55 bits per heavy atom. The number of aryl methyl sites for hydroxylation is 1. The maximum atomic E-state index is 4.94. The summed E-state index contributed by atoms with van der Waals surface area (Å²) in [7, 11) is 0. The number of benzene rings is 1. The van der Waals surface area contributed by atoms with Crippen LogP contribution in [0.2, 0.25) is 0 Å². The molecule has 0 bridgehead atoms. The van der Waals surface area contributed by atoms with Crippen LogP contribution in [0, 0.1) is 6.92 Å². The van der Waals surface area contributed by atoms with Crippen molar-refractivity contribution in [1.29, 1.82) is 0 Å². The van der Waals surface area contributed by atoms with Gasteiger partial charge in [0.1, 0.15) is 0 Å². The van der Waals surface area contributed by atoms with E-state index >= 15 is 0 Å². The number of hydrogen-bond acceptors (Lipinski definition) is 2. The van der Waals surface area contributed by atoms with Gasteiger partial charge in [-0.05, 0) is 6.92 Å². The van der Waals surface area contributed by atoms with Crippen molar-refractivity contribution in [3.63, 3.8) is 0 Å². The molecule has 1 rings (SSSR count). The van der Waals surface area contributed by atoms with E-state index in [9.17, 15) is 0 Å². The third-order valence-corrected chi connectivity index (χ3v) is 1.92. The van der Waals surface area contributed by atoms with Gasteiger partial charge in [-0.1, -0.05) is 23.8 Å². The van der Waals surface area contributed by atoms with Crippen LogP contribution in [0.3, 0.4) is 0 Å². The molecule has 0 aromatic heterocycles. The molecule has 0 atom stereocenters. The van der Waals surface area contributed by atoms with Crippen LogP contribution in [0.25, 0.3) is 0 Å². The predicted octanol–water partition coefficient (Wildman–Crippen LogP) is -4.19. The molecule has 0 amide bonds. The zero-order valence-corrected chi connectivity index (χ0v) is 8.68. The van der Waals surface area contributed by atoms with Gasteiger partial charge in [-0.15, -0.1) is 0 Å². The number of hydrogen-bond donors (Lipinski definition) is 0. The largest absolute Gasteiger partial charge is 1.00 e. The minimum Gasteiger partial charge on any atom is -0.781 e. The zero-order chi connectivity index (χ0) is 6.85. The predicted molar refractivity (Wildman–Crippen MR) is 42.4 cm³/mol. The van der Waals surface area contributed by atoms with Crippen LogP contribution >= 0.6 is 0 Å². The Morgan fingerprint density at radius 3 is 1.91 bits per heavy atom. The van der Waals surface area contributed by atoms with Crippen molar-refractivity contribution in [2.45, 2.75) is 16.7 Å². The monoisotopic (exact) mass is 168 g/mol. The van der Waals surface area contributed by atoms with Crippen molar-refractivity contribution in [2.75, 3.05) is 0 Å². The Morgan fingerprint density at radius 1 is 1.00 bits per heavy atom. The zero-order valence-electron chi connectivity index (χ0n) is 7.05. The molecular weight excluding hydrogens is 162 g/mol. The summed E-state index contributed by atoms with van der Waals surface area (Å²) in [4.78, 5) is 1.56. The number of rotatable bonds is 0. The molecule has 0 spiro atoms. The van der Waals surface area contributed by atoms with Gasteiger partial charge in [0.15, 0.2) is 0 Å². The molecule has 0 aliphatic heterocycles. The van der Waals surface area contributed by atoms with Crippen molar-refractivity contribution in [1.82, 2.24) is 0 Å². The average Bonchev–Trinajstić information content (AvgIpc) is 1.80.